The summed E-state index contributed by atoms with van der Waals surface area (Å²) in [6.45, 7) is 0. The van der Waals surface area contributed by atoms with E-state index in [1.807, 2.05) is 0 Å². The number of benzene rings is 1. The Kier molecular flexibility index (Phi) is 2.47. The summed E-state index contributed by atoms with van der Waals surface area (Å²) in [5.74, 6) is -0.724. The molecule has 0 bridgehead atoms. The zero-order valence-electron chi connectivity index (χ0n) is 7.55. The lowest BCUT2D eigenvalue weighted by Crippen LogP contribution is -2.27. The molecule has 0 atom stereocenters. The highest BCUT2D eigenvalue weighted by Gasteiger charge is 2.27. The van der Waals surface area contributed by atoms with Crippen molar-refractivity contribution in [2.75, 3.05) is 0 Å². The highest BCUT2D eigenvalue weighted by atomic mass is 32.1. The molecule has 0 fully saturated rings. The van der Waals surface area contributed by atoms with Gasteiger partial charge < -0.3 is 0 Å². The molecule has 0 N–H and O–H groups in total. The van der Waals surface area contributed by atoms with Crippen molar-refractivity contribution < 1.29 is 13.8 Å². The highest BCUT2D eigenvalue weighted by Crippen LogP contribution is 2.13. The molecule has 1 aromatic carbocycles. The van der Waals surface area contributed by atoms with Crippen molar-refractivity contribution in [3.8, 4) is 0 Å². The monoisotopic (exact) mass is 221 g/mol. The molecule has 1 aliphatic heterocycles. The van der Waals surface area contributed by atoms with E-state index in [2.05, 4.69) is 4.99 Å². The lowest BCUT2D eigenvalue weighted by Gasteiger charge is -2.01. The number of rotatable bonds is 1. The quantitative estimate of drug-likeness (QED) is 0.531. The lowest BCUT2D eigenvalue weighted by molar-refractivity contribution is -0.351. The van der Waals surface area contributed by atoms with E-state index in [1.165, 1.54) is 41.3 Å². The molecule has 2 rings (SSSR count). The van der Waals surface area contributed by atoms with Crippen molar-refractivity contribution in [2.45, 2.75) is 0 Å². The van der Waals surface area contributed by atoms with Gasteiger partial charge in [0.25, 0.3) is 0 Å². The fourth-order valence-corrected chi connectivity index (χ4v) is 1.36. The molecule has 74 valence electrons. The minimum atomic E-state index is -0.376. The Balaban J connectivity index is 2.43. The van der Waals surface area contributed by atoms with Crippen LogP contribution in [-0.4, -0.2) is 27.9 Å². The topological polar surface area (TPSA) is 32.4 Å². The second-order valence-corrected chi connectivity index (χ2v) is 3.27. The van der Waals surface area contributed by atoms with Gasteiger partial charge in [-0.05, 0) is 24.4 Å². The second kappa shape index (κ2) is 3.78. The van der Waals surface area contributed by atoms with Crippen LogP contribution in [-0.2, 0) is 4.79 Å². The summed E-state index contributed by atoms with van der Waals surface area (Å²) < 4.78 is 14.0. The molecule has 0 radical (unpaired) electrons. The third-order valence-electron chi connectivity index (χ3n) is 1.91. The smallest absolute Gasteiger partial charge is 0.229 e. The van der Waals surface area contributed by atoms with Gasteiger partial charge in [0.05, 0.1) is 6.21 Å². The van der Waals surface area contributed by atoms with E-state index in [9.17, 15) is 9.18 Å². The fourth-order valence-electron chi connectivity index (χ4n) is 1.20. The standard InChI is InChI=1S/C10H6FN2OS/c11-7-1-3-8(4-2-7)13-6-5-12-9(15)10(13)14/h1-6H/q+1. The van der Waals surface area contributed by atoms with Crippen molar-refractivity contribution in [1.82, 2.24) is 0 Å². The van der Waals surface area contributed by atoms with Gasteiger partial charge in [-0.1, -0.05) is 0 Å². The molecule has 0 aromatic heterocycles. The Morgan fingerprint density at radius 1 is 1.27 bits per heavy atom. The molecule has 0 unspecified atom stereocenters. The van der Waals surface area contributed by atoms with Crippen LogP contribution >= 0.6 is 12.2 Å². The molecule has 1 aliphatic rings. The average Bonchev–Trinajstić information content (AvgIpc) is 2.24. The summed E-state index contributed by atoms with van der Waals surface area (Å²) >= 11 is 4.75. The van der Waals surface area contributed by atoms with Crippen molar-refractivity contribution in [3.05, 3.63) is 30.1 Å². The van der Waals surface area contributed by atoms with Crippen LogP contribution < -0.4 is 0 Å². The predicted molar refractivity (Wildman–Crippen MR) is 58.5 cm³/mol. The molecule has 15 heavy (non-hydrogen) atoms. The van der Waals surface area contributed by atoms with Crippen molar-refractivity contribution >= 4 is 41.2 Å². The first kappa shape index (κ1) is 9.79. The summed E-state index contributed by atoms with van der Waals surface area (Å²) in [6, 6.07) is 5.58. The van der Waals surface area contributed by atoms with E-state index >= 15 is 0 Å². The molecule has 1 heterocycles. The SMILES string of the molecule is O=C1C(=S)N=CC=[N+]1c1ccc(F)cc1. The van der Waals surface area contributed by atoms with Crippen molar-refractivity contribution in [2.24, 2.45) is 4.99 Å². The third-order valence-corrected chi connectivity index (χ3v) is 2.19. The Labute approximate surface area is 90.6 Å². The molecule has 5 heteroatoms. The lowest BCUT2D eigenvalue weighted by atomic mass is 10.3. The Morgan fingerprint density at radius 2 is 1.93 bits per heavy atom. The van der Waals surface area contributed by atoms with E-state index in [-0.39, 0.29) is 16.7 Å². The first-order valence-electron chi connectivity index (χ1n) is 4.19. The average molecular weight is 221 g/mol. The van der Waals surface area contributed by atoms with E-state index < -0.39 is 0 Å². The minimum Gasteiger partial charge on any atom is -0.229 e. The zero-order valence-corrected chi connectivity index (χ0v) is 8.37. The van der Waals surface area contributed by atoms with Gasteiger partial charge in [-0.2, -0.15) is 0 Å². The second-order valence-electron chi connectivity index (χ2n) is 2.88. The van der Waals surface area contributed by atoms with Gasteiger partial charge in [-0.15, -0.1) is 4.58 Å². The number of carbonyl (C=O) groups is 1. The van der Waals surface area contributed by atoms with Gasteiger partial charge in [-0.3, -0.25) is 0 Å². The first-order valence-corrected chi connectivity index (χ1v) is 4.60. The van der Waals surface area contributed by atoms with Crippen LogP contribution in [0.2, 0.25) is 0 Å². The van der Waals surface area contributed by atoms with E-state index in [0.29, 0.717) is 5.69 Å². The van der Waals surface area contributed by atoms with Gasteiger partial charge >= 0.3 is 5.91 Å². The van der Waals surface area contributed by atoms with E-state index in [4.69, 9.17) is 12.2 Å². The van der Waals surface area contributed by atoms with Crippen LogP contribution in [0.5, 0.6) is 0 Å². The molecule has 0 saturated heterocycles. The number of halogens is 1. The molecule has 1 amide bonds. The Hall–Kier alpha value is -1.75. The molecule has 0 saturated carbocycles. The van der Waals surface area contributed by atoms with Crippen LogP contribution in [0.3, 0.4) is 0 Å². The number of amides is 1. The van der Waals surface area contributed by atoms with Gasteiger partial charge in [0.2, 0.25) is 10.7 Å². The molecular weight excluding hydrogens is 215 g/mol. The normalized spacial score (nSPS) is 15.4. The third kappa shape index (κ3) is 1.87. The number of carbonyl (C=O) groups excluding carboxylic acids is 1. The van der Waals surface area contributed by atoms with Crippen molar-refractivity contribution in [3.63, 3.8) is 0 Å². The predicted octanol–water partition coefficient (Wildman–Crippen LogP) is 1.48. The summed E-state index contributed by atoms with van der Waals surface area (Å²) in [5.41, 5.74) is 0.565. The highest BCUT2D eigenvalue weighted by molar-refractivity contribution is 7.82. The van der Waals surface area contributed by atoms with E-state index in [1.54, 1.807) is 0 Å². The van der Waals surface area contributed by atoms with Crippen LogP contribution in [0.25, 0.3) is 0 Å². The summed E-state index contributed by atoms with van der Waals surface area (Å²) in [6.07, 6.45) is 2.93. The Morgan fingerprint density at radius 3 is 2.60 bits per heavy atom. The van der Waals surface area contributed by atoms with Crippen molar-refractivity contribution in [1.29, 1.82) is 0 Å². The largest absolute Gasteiger partial charge is 0.454 e. The van der Waals surface area contributed by atoms with Crippen LogP contribution in [0.1, 0.15) is 0 Å². The minimum absolute atomic E-state index is 0.00169. The van der Waals surface area contributed by atoms with Crippen LogP contribution in [0.4, 0.5) is 10.1 Å². The molecule has 0 spiro atoms. The van der Waals surface area contributed by atoms with Crippen LogP contribution in [0, 0.1) is 5.82 Å². The first-order chi connectivity index (χ1) is 7.18. The zero-order chi connectivity index (χ0) is 10.8. The van der Waals surface area contributed by atoms with Gasteiger partial charge in [0.1, 0.15) is 5.82 Å². The van der Waals surface area contributed by atoms with Gasteiger partial charge in [0, 0.05) is 12.1 Å². The van der Waals surface area contributed by atoms with Gasteiger partial charge in [-0.25, -0.2) is 14.2 Å². The molecule has 3 nitrogen and oxygen atoms in total. The number of aliphatic imine (C=N–C) groups is 1. The maximum Gasteiger partial charge on any atom is 0.454 e. The number of thiocarbonyl (C=S) groups is 1. The number of nitrogens with zero attached hydrogens (tertiary/aromatic N) is 2. The van der Waals surface area contributed by atoms with E-state index in [0.717, 1.165) is 0 Å². The maximum absolute atomic E-state index is 12.7. The number of hydrogen-bond donors (Lipinski definition) is 0. The molecule has 1 aromatic rings. The van der Waals surface area contributed by atoms with Gasteiger partial charge in [0.15, 0.2) is 6.21 Å². The van der Waals surface area contributed by atoms with Crippen LogP contribution in [0.15, 0.2) is 29.3 Å². The summed E-state index contributed by atoms with van der Waals surface area (Å²) in [7, 11) is 0. The summed E-state index contributed by atoms with van der Waals surface area (Å²) in [5, 5.41) is 0. The summed E-state index contributed by atoms with van der Waals surface area (Å²) in [4.78, 5) is 15.2. The fraction of sp³-hybridized carbons (Fsp3) is 0. The maximum atomic E-state index is 12.7. The molecule has 0 aliphatic carbocycles. The molecular formula is C10H6FN2OS+. The Bertz CT molecular complexity index is 491. The number of hydrogen-bond acceptors (Lipinski definition) is 2.